The summed E-state index contributed by atoms with van der Waals surface area (Å²) in [5.74, 6) is -1.05. The Hall–Kier alpha value is -2.11. The summed E-state index contributed by atoms with van der Waals surface area (Å²) < 4.78 is 1.95. The molecule has 1 aliphatic heterocycles. The van der Waals surface area contributed by atoms with Gasteiger partial charge in [0.15, 0.2) is 0 Å². The first-order chi connectivity index (χ1) is 9.61. The second kappa shape index (κ2) is 4.77. The van der Waals surface area contributed by atoms with E-state index in [4.69, 9.17) is 0 Å². The third-order valence-corrected chi connectivity index (χ3v) is 3.84. The van der Waals surface area contributed by atoms with Gasteiger partial charge < -0.3 is 9.47 Å². The number of nitrogens with zero attached hydrogens (tertiary/aromatic N) is 2. The van der Waals surface area contributed by atoms with Crippen LogP contribution in [0, 0.1) is 0 Å². The minimum absolute atomic E-state index is 0.0566. The molecule has 1 aliphatic carbocycles. The first-order valence-corrected chi connectivity index (χ1v) is 6.93. The molecule has 1 N–H and O–H groups in total. The molecule has 1 unspecified atom stereocenters. The van der Waals surface area contributed by atoms with Crippen LogP contribution < -0.4 is 5.32 Å². The van der Waals surface area contributed by atoms with E-state index in [0.717, 1.165) is 12.8 Å². The van der Waals surface area contributed by atoms with Crippen LogP contribution in [0.1, 0.15) is 42.7 Å². The van der Waals surface area contributed by atoms with E-state index in [-0.39, 0.29) is 18.4 Å². The van der Waals surface area contributed by atoms with Gasteiger partial charge in [0.05, 0.1) is 0 Å². The van der Waals surface area contributed by atoms with Gasteiger partial charge >= 0.3 is 0 Å². The molecule has 3 rings (SSSR count). The van der Waals surface area contributed by atoms with E-state index in [1.165, 1.54) is 4.90 Å². The molecule has 20 heavy (non-hydrogen) atoms. The number of aromatic nitrogens is 1. The molecule has 0 radical (unpaired) electrons. The lowest BCUT2D eigenvalue weighted by molar-refractivity contribution is -0.138. The van der Waals surface area contributed by atoms with Crippen LogP contribution >= 0.6 is 0 Å². The highest BCUT2D eigenvalue weighted by molar-refractivity contribution is 6.06. The van der Waals surface area contributed by atoms with Crippen molar-refractivity contribution in [2.24, 2.45) is 0 Å². The van der Waals surface area contributed by atoms with Gasteiger partial charge in [0.2, 0.25) is 11.8 Å². The van der Waals surface area contributed by atoms with Crippen LogP contribution in [0.25, 0.3) is 0 Å². The first-order valence-electron chi connectivity index (χ1n) is 6.93. The Kier molecular flexibility index (Phi) is 3.08. The molecular formula is C14H17N3O3. The quantitative estimate of drug-likeness (QED) is 0.825. The highest BCUT2D eigenvalue weighted by Gasteiger charge is 2.37. The van der Waals surface area contributed by atoms with Crippen LogP contribution in [0.5, 0.6) is 0 Å². The standard InChI is InChI=1S/C14H17N3O3/c1-2-10-13(19)15-12(18)8-17(10)14(20)11-4-3-7-16(11)9-5-6-9/h3-4,7,9-10H,2,5-6,8H2,1H3,(H,15,18,19). The maximum atomic E-state index is 12.6. The summed E-state index contributed by atoms with van der Waals surface area (Å²) in [5.41, 5.74) is 0.563. The number of hydrogen-bond acceptors (Lipinski definition) is 3. The van der Waals surface area contributed by atoms with Crippen molar-refractivity contribution >= 4 is 17.7 Å². The Bertz CT molecular complexity index is 574. The van der Waals surface area contributed by atoms with E-state index >= 15 is 0 Å². The van der Waals surface area contributed by atoms with Gasteiger partial charge in [-0.2, -0.15) is 0 Å². The zero-order valence-electron chi connectivity index (χ0n) is 11.3. The predicted molar refractivity (Wildman–Crippen MR) is 71.0 cm³/mol. The minimum atomic E-state index is -0.567. The number of carbonyl (C=O) groups excluding carboxylic acids is 3. The lowest BCUT2D eigenvalue weighted by atomic mass is 10.1. The fraction of sp³-hybridized carbons (Fsp3) is 0.500. The zero-order chi connectivity index (χ0) is 14.3. The Morgan fingerprint density at radius 3 is 2.80 bits per heavy atom. The van der Waals surface area contributed by atoms with E-state index in [2.05, 4.69) is 5.32 Å². The molecule has 1 aromatic rings. The number of rotatable bonds is 3. The van der Waals surface area contributed by atoms with Gasteiger partial charge in [-0.3, -0.25) is 19.7 Å². The zero-order valence-corrected chi connectivity index (χ0v) is 11.3. The number of amides is 3. The number of nitrogens with one attached hydrogen (secondary N) is 1. The SMILES string of the molecule is CCC1C(=O)NC(=O)CN1C(=O)c1cccn1C1CC1. The molecule has 0 bridgehead atoms. The van der Waals surface area contributed by atoms with Crippen molar-refractivity contribution in [1.29, 1.82) is 0 Å². The third-order valence-electron chi connectivity index (χ3n) is 3.84. The average Bonchev–Trinajstić information content (AvgIpc) is 3.14. The Morgan fingerprint density at radius 2 is 2.15 bits per heavy atom. The van der Waals surface area contributed by atoms with Crippen LogP contribution in [-0.4, -0.2) is 39.8 Å². The molecule has 1 aromatic heterocycles. The van der Waals surface area contributed by atoms with Crippen LogP contribution in [-0.2, 0) is 9.59 Å². The molecule has 0 aromatic carbocycles. The number of hydrogen-bond donors (Lipinski definition) is 1. The van der Waals surface area contributed by atoms with Gasteiger partial charge in [0.25, 0.3) is 5.91 Å². The van der Waals surface area contributed by atoms with E-state index in [9.17, 15) is 14.4 Å². The van der Waals surface area contributed by atoms with Crippen LogP contribution in [0.2, 0.25) is 0 Å². The molecule has 1 saturated carbocycles. The molecule has 2 fully saturated rings. The summed E-state index contributed by atoms with van der Waals surface area (Å²) in [4.78, 5) is 37.4. The van der Waals surface area contributed by atoms with E-state index in [0.29, 0.717) is 18.2 Å². The van der Waals surface area contributed by atoms with Gasteiger partial charge in [0.1, 0.15) is 18.3 Å². The Morgan fingerprint density at radius 1 is 1.40 bits per heavy atom. The smallest absolute Gasteiger partial charge is 0.271 e. The third kappa shape index (κ3) is 2.11. The lowest BCUT2D eigenvalue weighted by Crippen LogP contribution is -2.59. The van der Waals surface area contributed by atoms with Crippen LogP contribution in [0.4, 0.5) is 0 Å². The summed E-state index contributed by atoms with van der Waals surface area (Å²) in [6, 6.07) is 3.41. The highest BCUT2D eigenvalue weighted by Crippen LogP contribution is 2.36. The summed E-state index contributed by atoms with van der Waals surface area (Å²) in [5, 5.41) is 2.28. The average molecular weight is 275 g/mol. The van der Waals surface area contributed by atoms with E-state index < -0.39 is 11.9 Å². The van der Waals surface area contributed by atoms with Crippen molar-refractivity contribution in [2.45, 2.75) is 38.3 Å². The highest BCUT2D eigenvalue weighted by atomic mass is 16.2. The van der Waals surface area contributed by atoms with Crippen molar-refractivity contribution in [3.63, 3.8) is 0 Å². The summed E-state index contributed by atoms with van der Waals surface area (Å²) in [6.07, 6.45) is 4.53. The van der Waals surface area contributed by atoms with Crippen LogP contribution in [0.15, 0.2) is 18.3 Å². The Labute approximate surface area is 116 Å². The molecule has 3 amide bonds. The van der Waals surface area contributed by atoms with Gasteiger partial charge in [-0.25, -0.2) is 0 Å². The van der Waals surface area contributed by atoms with Crippen molar-refractivity contribution in [2.75, 3.05) is 6.54 Å². The largest absolute Gasteiger partial charge is 0.340 e. The molecule has 6 nitrogen and oxygen atoms in total. The molecule has 6 heteroatoms. The van der Waals surface area contributed by atoms with Gasteiger partial charge in [-0.05, 0) is 31.4 Å². The van der Waals surface area contributed by atoms with Crippen molar-refractivity contribution in [1.82, 2.24) is 14.8 Å². The minimum Gasteiger partial charge on any atom is -0.340 e. The van der Waals surface area contributed by atoms with Crippen molar-refractivity contribution < 1.29 is 14.4 Å². The number of carbonyl (C=O) groups is 3. The molecule has 2 aliphatic rings. The topological polar surface area (TPSA) is 71.4 Å². The Balaban J connectivity index is 1.89. The number of piperazine rings is 1. The van der Waals surface area contributed by atoms with Crippen LogP contribution in [0.3, 0.4) is 0 Å². The lowest BCUT2D eigenvalue weighted by Gasteiger charge is -2.33. The molecule has 0 spiro atoms. The summed E-state index contributed by atoms with van der Waals surface area (Å²) in [7, 11) is 0. The number of imide groups is 1. The fourth-order valence-corrected chi connectivity index (χ4v) is 2.68. The van der Waals surface area contributed by atoms with Crippen molar-refractivity contribution in [3.05, 3.63) is 24.0 Å². The summed E-state index contributed by atoms with van der Waals surface area (Å²) >= 11 is 0. The monoisotopic (exact) mass is 275 g/mol. The van der Waals surface area contributed by atoms with Gasteiger partial charge in [-0.1, -0.05) is 6.92 Å². The normalized spacial score (nSPS) is 22.9. The van der Waals surface area contributed by atoms with E-state index in [1.807, 2.05) is 23.8 Å². The fourth-order valence-electron chi connectivity index (χ4n) is 2.68. The molecular weight excluding hydrogens is 258 g/mol. The van der Waals surface area contributed by atoms with E-state index in [1.54, 1.807) is 6.07 Å². The maximum Gasteiger partial charge on any atom is 0.271 e. The summed E-state index contributed by atoms with van der Waals surface area (Å²) in [6.45, 7) is 1.78. The molecule has 2 heterocycles. The molecule has 1 saturated heterocycles. The van der Waals surface area contributed by atoms with Gasteiger partial charge in [-0.15, -0.1) is 0 Å². The maximum absolute atomic E-state index is 12.6. The first kappa shape index (κ1) is 12.9. The molecule has 1 atom stereocenters. The van der Waals surface area contributed by atoms with Gasteiger partial charge in [0, 0.05) is 12.2 Å². The second-order valence-corrected chi connectivity index (χ2v) is 5.30. The second-order valence-electron chi connectivity index (χ2n) is 5.30. The predicted octanol–water partition coefficient (Wildman–Crippen LogP) is 0.700. The molecule has 106 valence electrons. The van der Waals surface area contributed by atoms with Crippen molar-refractivity contribution in [3.8, 4) is 0 Å².